The van der Waals surface area contributed by atoms with Crippen molar-refractivity contribution in [1.82, 2.24) is 14.2 Å². The Hall–Kier alpha value is -3.21. The Kier molecular flexibility index (Phi) is 5.88. The summed E-state index contributed by atoms with van der Waals surface area (Å²) < 4.78 is 3.95. The lowest BCUT2D eigenvalue weighted by molar-refractivity contribution is 0.346. The quantitative estimate of drug-likeness (QED) is 0.325. The lowest BCUT2D eigenvalue weighted by Crippen LogP contribution is -2.25. The first-order chi connectivity index (χ1) is 16.3. The normalized spacial score (nSPS) is 15.6. The Bertz CT molecular complexity index is 1430. The molecule has 5 heteroatoms. The predicted molar refractivity (Wildman–Crippen MR) is 141 cm³/mol. The van der Waals surface area contributed by atoms with E-state index in [9.17, 15) is 4.79 Å². The van der Waals surface area contributed by atoms with Gasteiger partial charge in [-0.1, -0.05) is 70.4 Å². The van der Waals surface area contributed by atoms with Crippen molar-refractivity contribution < 1.29 is 0 Å². The Morgan fingerprint density at radius 2 is 1.68 bits per heavy atom. The molecule has 1 fully saturated rings. The van der Waals surface area contributed by atoms with Crippen LogP contribution in [-0.2, 0) is 6.54 Å². The Morgan fingerprint density at radius 3 is 2.41 bits per heavy atom. The number of benzene rings is 2. The first-order valence-electron chi connectivity index (χ1n) is 12.5. The van der Waals surface area contributed by atoms with E-state index in [2.05, 4.69) is 56.5 Å². The number of hydrogen-bond donors (Lipinski definition) is 0. The molecule has 1 aliphatic carbocycles. The number of para-hydroxylation sites is 2. The second kappa shape index (κ2) is 8.86. The van der Waals surface area contributed by atoms with Gasteiger partial charge in [-0.05, 0) is 43.4 Å². The van der Waals surface area contributed by atoms with E-state index >= 15 is 0 Å². The summed E-state index contributed by atoms with van der Waals surface area (Å²) in [5.41, 5.74) is 4.26. The minimum absolute atomic E-state index is 0.0847. The van der Waals surface area contributed by atoms with Gasteiger partial charge >= 0.3 is 0 Å². The molecule has 2 aromatic heterocycles. The SMILES string of the molecule is Cc1c(C=Nn2c(C3CCCCC3)nc3ccccc3c2=O)c2ccccc2n1CC(C)(C)C. The van der Waals surface area contributed by atoms with Crippen LogP contribution in [0.5, 0.6) is 0 Å². The fraction of sp³-hybridized carbons (Fsp3) is 0.414. The number of hydrogen-bond acceptors (Lipinski definition) is 3. The highest BCUT2D eigenvalue weighted by Gasteiger charge is 2.23. The number of aromatic nitrogens is 3. The molecular formula is C29H34N4O. The molecule has 34 heavy (non-hydrogen) atoms. The predicted octanol–water partition coefficient (Wildman–Crippen LogP) is 6.64. The van der Waals surface area contributed by atoms with Crippen molar-refractivity contribution in [2.24, 2.45) is 10.5 Å². The summed E-state index contributed by atoms with van der Waals surface area (Å²) in [5.74, 6) is 1.07. The van der Waals surface area contributed by atoms with Gasteiger partial charge in [-0.15, -0.1) is 0 Å². The lowest BCUT2D eigenvalue weighted by atomic mass is 9.88. The van der Waals surface area contributed by atoms with E-state index in [4.69, 9.17) is 10.1 Å². The van der Waals surface area contributed by atoms with E-state index in [0.29, 0.717) is 5.39 Å². The smallest absolute Gasteiger partial charge is 0.282 e. The minimum Gasteiger partial charge on any atom is -0.344 e. The molecular weight excluding hydrogens is 420 g/mol. The third-order valence-corrected chi connectivity index (χ3v) is 6.96. The summed E-state index contributed by atoms with van der Waals surface area (Å²) in [6, 6.07) is 16.1. The molecule has 5 nitrogen and oxygen atoms in total. The maximum Gasteiger partial charge on any atom is 0.282 e. The van der Waals surface area contributed by atoms with Gasteiger partial charge in [0.1, 0.15) is 5.82 Å². The molecule has 2 aromatic carbocycles. The molecule has 0 bridgehead atoms. The molecule has 0 radical (unpaired) electrons. The standard InChI is InChI=1S/C29H34N4O/c1-20-24(22-14-9-11-17-26(22)32(20)19-29(2,3)4)18-30-33-27(21-12-6-5-7-13-21)31-25-16-10-8-15-23(25)28(33)34/h8-11,14-18,21H,5-7,12-13,19H2,1-4H3. The van der Waals surface area contributed by atoms with Gasteiger partial charge in [0, 0.05) is 34.6 Å². The summed E-state index contributed by atoms with van der Waals surface area (Å²) >= 11 is 0. The molecule has 4 aromatic rings. The van der Waals surface area contributed by atoms with E-state index in [0.717, 1.165) is 41.7 Å². The van der Waals surface area contributed by atoms with Crippen LogP contribution < -0.4 is 5.56 Å². The second-order valence-corrected chi connectivity index (χ2v) is 10.8. The lowest BCUT2D eigenvalue weighted by Gasteiger charge is -2.22. The van der Waals surface area contributed by atoms with Gasteiger partial charge in [0.2, 0.25) is 0 Å². The van der Waals surface area contributed by atoms with Crippen LogP contribution in [0.4, 0.5) is 0 Å². The molecule has 5 rings (SSSR count). The molecule has 0 spiro atoms. The van der Waals surface area contributed by atoms with Crippen molar-refractivity contribution in [1.29, 1.82) is 0 Å². The third kappa shape index (κ3) is 4.20. The van der Waals surface area contributed by atoms with E-state index in [1.807, 2.05) is 30.5 Å². The molecule has 0 saturated heterocycles. The zero-order valence-electron chi connectivity index (χ0n) is 20.7. The van der Waals surface area contributed by atoms with Crippen LogP contribution in [-0.4, -0.2) is 20.4 Å². The highest BCUT2D eigenvalue weighted by Crippen LogP contribution is 2.32. The number of rotatable bonds is 4. The number of fused-ring (bicyclic) bond motifs is 2. The largest absolute Gasteiger partial charge is 0.344 e. The fourth-order valence-corrected chi connectivity index (χ4v) is 5.29. The van der Waals surface area contributed by atoms with Gasteiger partial charge in [-0.2, -0.15) is 9.78 Å². The molecule has 1 saturated carbocycles. The van der Waals surface area contributed by atoms with E-state index in [-0.39, 0.29) is 16.9 Å². The third-order valence-electron chi connectivity index (χ3n) is 6.96. The van der Waals surface area contributed by atoms with Crippen molar-refractivity contribution in [3.8, 4) is 0 Å². The molecule has 2 heterocycles. The summed E-state index contributed by atoms with van der Waals surface area (Å²) in [5, 5.41) is 6.60. The number of nitrogens with zero attached hydrogens (tertiary/aromatic N) is 4. The van der Waals surface area contributed by atoms with E-state index in [1.165, 1.54) is 30.5 Å². The summed E-state index contributed by atoms with van der Waals surface area (Å²) in [4.78, 5) is 18.5. The Balaban J connectivity index is 1.67. The van der Waals surface area contributed by atoms with Crippen molar-refractivity contribution in [3.05, 3.63) is 76.0 Å². The molecule has 0 aliphatic heterocycles. The maximum atomic E-state index is 13.6. The highest BCUT2D eigenvalue weighted by atomic mass is 16.1. The average Bonchev–Trinajstić information content (AvgIpc) is 3.08. The van der Waals surface area contributed by atoms with Gasteiger partial charge in [0.25, 0.3) is 5.56 Å². The summed E-state index contributed by atoms with van der Waals surface area (Å²) in [7, 11) is 0. The van der Waals surface area contributed by atoms with Gasteiger partial charge in [0.05, 0.1) is 17.1 Å². The topological polar surface area (TPSA) is 52.2 Å². The van der Waals surface area contributed by atoms with Gasteiger partial charge in [-0.25, -0.2) is 4.98 Å². The monoisotopic (exact) mass is 454 g/mol. The highest BCUT2D eigenvalue weighted by molar-refractivity contribution is 6.01. The molecule has 176 valence electrons. The van der Waals surface area contributed by atoms with E-state index < -0.39 is 0 Å². The Morgan fingerprint density at radius 1 is 1.00 bits per heavy atom. The molecule has 0 atom stereocenters. The average molecular weight is 455 g/mol. The van der Waals surface area contributed by atoms with Crippen LogP contribution in [0, 0.1) is 12.3 Å². The van der Waals surface area contributed by atoms with Crippen molar-refractivity contribution >= 4 is 28.0 Å². The van der Waals surface area contributed by atoms with Crippen LogP contribution in [0.25, 0.3) is 21.8 Å². The fourth-order valence-electron chi connectivity index (χ4n) is 5.29. The molecule has 0 amide bonds. The van der Waals surface area contributed by atoms with Crippen LogP contribution in [0.15, 0.2) is 58.4 Å². The zero-order chi connectivity index (χ0) is 23.9. The van der Waals surface area contributed by atoms with Crippen LogP contribution in [0.2, 0.25) is 0 Å². The van der Waals surface area contributed by atoms with E-state index in [1.54, 1.807) is 4.68 Å². The summed E-state index contributed by atoms with van der Waals surface area (Å²) in [6.45, 7) is 9.83. The maximum absolute atomic E-state index is 13.6. The molecule has 0 N–H and O–H groups in total. The molecule has 0 unspecified atom stereocenters. The van der Waals surface area contributed by atoms with Gasteiger partial charge in [0.15, 0.2) is 0 Å². The van der Waals surface area contributed by atoms with Crippen LogP contribution in [0.3, 0.4) is 0 Å². The zero-order valence-corrected chi connectivity index (χ0v) is 20.7. The van der Waals surface area contributed by atoms with Crippen molar-refractivity contribution in [2.75, 3.05) is 0 Å². The summed E-state index contributed by atoms with van der Waals surface area (Å²) in [6.07, 6.45) is 7.60. The van der Waals surface area contributed by atoms with Gasteiger partial charge < -0.3 is 4.57 Å². The molecule has 1 aliphatic rings. The Labute approximate surface area is 201 Å². The first-order valence-corrected chi connectivity index (χ1v) is 12.5. The van der Waals surface area contributed by atoms with Gasteiger partial charge in [-0.3, -0.25) is 4.79 Å². The van der Waals surface area contributed by atoms with Crippen LogP contribution in [0.1, 0.15) is 75.9 Å². The second-order valence-electron chi connectivity index (χ2n) is 10.8. The first kappa shape index (κ1) is 22.6. The van der Waals surface area contributed by atoms with Crippen molar-refractivity contribution in [3.63, 3.8) is 0 Å². The van der Waals surface area contributed by atoms with Crippen LogP contribution >= 0.6 is 0 Å². The minimum atomic E-state index is -0.0847. The van der Waals surface area contributed by atoms with Crippen molar-refractivity contribution in [2.45, 2.75) is 72.3 Å².